The maximum atomic E-state index is 12.2. The molecule has 0 saturated heterocycles. The highest BCUT2D eigenvalue weighted by Gasteiger charge is 2.28. The summed E-state index contributed by atoms with van der Waals surface area (Å²) in [5, 5.41) is 15.0. The lowest BCUT2D eigenvalue weighted by Gasteiger charge is -2.28. The largest absolute Gasteiger partial charge is 0.481 e. The first kappa shape index (κ1) is 14.9. The molecule has 0 aliphatic heterocycles. The number of rotatable bonds is 3. The average molecular weight is 306 g/mol. The van der Waals surface area contributed by atoms with E-state index in [1.54, 1.807) is 6.26 Å². The van der Waals surface area contributed by atoms with Gasteiger partial charge in [0.05, 0.1) is 18.2 Å². The average Bonchev–Trinajstić information content (AvgIpc) is 2.97. The zero-order valence-corrected chi connectivity index (χ0v) is 12.5. The third-order valence-electron chi connectivity index (χ3n) is 4.77. The SMILES string of the molecule is O=C(NC1CCC(C(=O)O)CC1)NC1CCCc2occc21. The number of carboxylic acid groups (broad SMARTS) is 1. The molecule has 0 bridgehead atoms. The van der Waals surface area contributed by atoms with Crippen molar-refractivity contribution in [2.45, 2.75) is 57.0 Å². The summed E-state index contributed by atoms with van der Waals surface area (Å²) in [4.78, 5) is 23.1. The third-order valence-corrected chi connectivity index (χ3v) is 4.77. The lowest BCUT2D eigenvalue weighted by molar-refractivity contribution is -0.142. The summed E-state index contributed by atoms with van der Waals surface area (Å²) in [6.07, 6.45) is 7.27. The maximum absolute atomic E-state index is 12.2. The molecule has 1 fully saturated rings. The second kappa shape index (κ2) is 6.42. The number of furan rings is 1. The summed E-state index contributed by atoms with van der Waals surface area (Å²) in [7, 11) is 0. The number of carboxylic acids is 1. The van der Waals surface area contributed by atoms with Crippen molar-refractivity contribution >= 4 is 12.0 Å². The summed E-state index contributed by atoms with van der Waals surface area (Å²) in [5.74, 6) is -0.0101. The van der Waals surface area contributed by atoms with Gasteiger partial charge in [-0.15, -0.1) is 0 Å². The summed E-state index contributed by atoms with van der Waals surface area (Å²) in [5.41, 5.74) is 1.08. The van der Waals surface area contributed by atoms with Crippen LogP contribution in [-0.4, -0.2) is 23.1 Å². The minimum Gasteiger partial charge on any atom is -0.481 e. The summed E-state index contributed by atoms with van der Waals surface area (Å²) in [6, 6.07) is 1.84. The Labute approximate surface area is 129 Å². The van der Waals surface area contributed by atoms with Crippen molar-refractivity contribution < 1.29 is 19.1 Å². The molecule has 2 aliphatic rings. The van der Waals surface area contributed by atoms with Crippen LogP contribution in [-0.2, 0) is 11.2 Å². The van der Waals surface area contributed by atoms with E-state index in [1.165, 1.54) is 0 Å². The molecule has 0 aromatic carbocycles. The normalized spacial score (nSPS) is 27.7. The number of amides is 2. The Morgan fingerprint density at radius 1 is 1.14 bits per heavy atom. The van der Waals surface area contributed by atoms with E-state index in [0.29, 0.717) is 12.8 Å². The molecule has 1 aromatic heterocycles. The molecule has 3 rings (SSSR count). The molecule has 1 unspecified atom stereocenters. The van der Waals surface area contributed by atoms with Gasteiger partial charge in [-0.1, -0.05) is 0 Å². The molecular formula is C16H22N2O4. The third kappa shape index (κ3) is 3.26. The Morgan fingerprint density at radius 2 is 1.91 bits per heavy atom. The van der Waals surface area contributed by atoms with Gasteiger partial charge in [0.25, 0.3) is 0 Å². The number of aryl methyl sites for hydroxylation is 1. The lowest BCUT2D eigenvalue weighted by atomic mass is 9.86. The van der Waals surface area contributed by atoms with Crippen LogP contribution < -0.4 is 10.6 Å². The van der Waals surface area contributed by atoms with Gasteiger partial charge >= 0.3 is 12.0 Å². The smallest absolute Gasteiger partial charge is 0.315 e. The molecule has 6 nitrogen and oxygen atoms in total. The minimum absolute atomic E-state index is 0.0119. The van der Waals surface area contributed by atoms with E-state index >= 15 is 0 Å². The first-order valence-electron chi connectivity index (χ1n) is 7.99. The zero-order valence-electron chi connectivity index (χ0n) is 12.5. The first-order chi connectivity index (χ1) is 10.6. The fourth-order valence-corrected chi connectivity index (χ4v) is 3.51. The number of aliphatic carboxylic acids is 1. The van der Waals surface area contributed by atoms with Crippen LogP contribution in [0.4, 0.5) is 4.79 Å². The first-order valence-corrected chi connectivity index (χ1v) is 7.99. The van der Waals surface area contributed by atoms with Crippen molar-refractivity contribution in [1.29, 1.82) is 0 Å². The Kier molecular flexibility index (Phi) is 4.36. The maximum Gasteiger partial charge on any atom is 0.315 e. The molecule has 2 amide bonds. The molecule has 1 aromatic rings. The quantitative estimate of drug-likeness (QED) is 0.800. The van der Waals surface area contributed by atoms with Crippen molar-refractivity contribution in [2.24, 2.45) is 5.92 Å². The molecule has 22 heavy (non-hydrogen) atoms. The zero-order chi connectivity index (χ0) is 15.5. The van der Waals surface area contributed by atoms with Crippen LogP contribution in [0.25, 0.3) is 0 Å². The number of hydrogen-bond donors (Lipinski definition) is 3. The van der Waals surface area contributed by atoms with Crippen molar-refractivity contribution in [3.05, 3.63) is 23.7 Å². The Balaban J connectivity index is 1.49. The van der Waals surface area contributed by atoms with Gasteiger partial charge in [0.15, 0.2) is 0 Å². The molecule has 2 aliphatic carbocycles. The molecule has 120 valence electrons. The van der Waals surface area contributed by atoms with Gasteiger partial charge in [0.2, 0.25) is 0 Å². The standard InChI is InChI=1S/C16H22N2O4/c19-15(20)10-4-6-11(7-5-10)17-16(21)18-13-2-1-3-14-12(13)8-9-22-14/h8-11,13H,1-7H2,(H,19,20)(H2,17,18,21). The summed E-state index contributed by atoms with van der Waals surface area (Å²) >= 11 is 0. The van der Waals surface area contributed by atoms with Crippen LogP contribution >= 0.6 is 0 Å². The molecule has 0 radical (unpaired) electrons. The fourth-order valence-electron chi connectivity index (χ4n) is 3.51. The van der Waals surface area contributed by atoms with Crippen molar-refractivity contribution in [2.75, 3.05) is 0 Å². The Hall–Kier alpha value is -1.98. The van der Waals surface area contributed by atoms with E-state index in [4.69, 9.17) is 9.52 Å². The number of urea groups is 1. The van der Waals surface area contributed by atoms with E-state index in [0.717, 1.165) is 43.4 Å². The van der Waals surface area contributed by atoms with Crippen molar-refractivity contribution in [1.82, 2.24) is 10.6 Å². The van der Waals surface area contributed by atoms with Gasteiger partial charge in [-0.2, -0.15) is 0 Å². The lowest BCUT2D eigenvalue weighted by Crippen LogP contribution is -2.45. The highest BCUT2D eigenvalue weighted by atomic mass is 16.4. The fraction of sp³-hybridized carbons (Fsp3) is 0.625. The molecule has 1 atom stereocenters. The van der Waals surface area contributed by atoms with E-state index in [2.05, 4.69) is 10.6 Å². The predicted molar refractivity (Wildman–Crippen MR) is 79.4 cm³/mol. The Morgan fingerprint density at radius 3 is 2.64 bits per heavy atom. The molecule has 0 spiro atoms. The van der Waals surface area contributed by atoms with Gasteiger partial charge in [0.1, 0.15) is 5.76 Å². The number of carbonyl (C=O) groups excluding carboxylic acids is 1. The topological polar surface area (TPSA) is 91.6 Å². The van der Waals surface area contributed by atoms with Crippen LogP contribution in [0.2, 0.25) is 0 Å². The summed E-state index contributed by atoms with van der Waals surface area (Å²) in [6.45, 7) is 0. The van der Waals surface area contributed by atoms with Crippen LogP contribution in [0.15, 0.2) is 16.7 Å². The number of fused-ring (bicyclic) bond motifs is 1. The monoisotopic (exact) mass is 306 g/mol. The molecule has 6 heteroatoms. The molecular weight excluding hydrogens is 284 g/mol. The second-order valence-electron chi connectivity index (χ2n) is 6.25. The Bertz CT molecular complexity index is 546. The molecule has 3 N–H and O–H groups in total. The van der Waals surface area contributed by atoms with E-state index < -0.39 is 5.97 Å². The van der Waals surface area contributed by atoms with Crippen LogP contribution in [0.5, 0.6) is 0 Å². The van der Waals surface area contributed by atoms with Gasteiger partial charge in [0, 0.05) is 18.0 Å². The number of nitrogens with one attached hydrogen (secondary N) is 2. The van der Waals surface area contributed by atoms with Crippen molar-refractivity contribution in [3.63, 3.8) is 0 Å². The van der Waals surface area contributed by atoms with E-state index in [1.807, 2.05) is 6.07 Å². The van der Waals surface area contributed by atoms with E-state index in [-0.39, 0.29) is 24.0 Å². The van der Waals surface area contributed by atoms with Crippen molar-refractivity contribution in [3.8, 4) is 0 Å². The predicted octanol–water partition coefficient (Wildman–Crippen LogP) is 2.60. The molecule has 1 saturated carbocycles. The van der Waals surface area contributed by atoms with Gasteiger partial charge in [-0.25, -0.2) is 4.79 Å². The summed E-state index contributed by atoms with van der Waals surface area (Å²) < 4.78 is 5.42. The van der Waals surface area contributed by atoms with Gasteiger partial charge < -0.3 is 20.2 Å². The number of hydrogen-bond acceptors (Lipinski definition) is 3. The second-order valence-corrected chi connectivity index (χ2v) is 6.25. The van der Waals surface area contributed by atoms with Crippen LogP contribution in [0.1, 0.15) is 55.9 Å². The number of carbonyl (C=O) groups is 2. The van der Waals surface area contributed by atoms with Gasteiger partial charge in [-0.3, -0.25) is 4.79 Å². The molecule has 1 heterocycles. The highest BCUT2D eigenvalue weighted by molar-refractivity contribution is 5.75. The van der Waals surface area contributed by atoms with Crippen LogP contribution in [0, 0.1) is 5.92 Å². The highest BCUT2D eigenvalue weighted by Crippen LogP contribution is 2.30. The van der Waals surface area contributed by atoms with E-state index in [9.17, 15) is 9.59 Å². The van der Waals surface area contributed by atoms with Gasteiger partial charge in [-0.05, 0) is 44.6 Å². The minimum atomic E-state index is -0.724. The van der Waals surface area contributed by atoms with Crippen LogP contribution in [0.3, 0.4) is 0 Å².